The number of nitrogens with one attached hydrogen (secondary N) is 1. The molecule has 0 aromatic heterocycles. The van der Waals surface area contributed by atoms with Crippen molar-refractivity contribution in [3.05, 3.63) is 33.9 Å². The fraction of sp³-hybridized carbons (Fsp3) is 0.400. The summed E-state index contributed by atoms with van der Waals surface area (Å²) in [6.45, 7) is 0.872. The summed E-state index contributed by atoms with van der Waals surface area (Å²) < 4.78 is 0. The number of nitro groups is 1. The van der Waals surface area contributed by atoms with Gasteiger partial charge in [-0.1, -0.05) is 0 Å². The molecule has 0 unspecified atom stereocenters. The third-order valence-corrected chi connectivity index (χ3v) is 2.64. The molecule has 0 amide bonds. The maximum absolute atomic E-state index is 10.8. The number of phenolic OH excluding ortho intramolecular Hbond substituents is 1. The zero-order valence-corrected chi connectivity index (χ0v) is 8.14. The van der Waals surface area contributed by atoms with Gasteiger partial charge >= 0.3 is 0 Å². The van der Waals surface area contributed by atoms with Crippen molar-refractivity contribution < 1.29 is 10.0 Å². The highest BCUT2D eigenvalue weighted by Crippen LogP contribution is 2.32. The summed E-state index contributed by atoms with van der Waals surface area (Å²) in [5, 5.41) is 23.3. The SMILES string of the molecule is O=[N+]([O-])c1ccc(O)cc1[C@@H]1CCCN1. The Hall–Kier alpha value is -1.62. The van der Waals surface area contributed by atoms with Crippen molar-refractivity contribution in [2.45, 2.75) is 18.9 Å². The zero-order chi connectivity index (χ0) is 10.8. The van der Waals surface area contributed by atoms with E-state index in [9.17, 15) is 15.2 Å². The minimum absolute atomic E-state index is 0.00231. The highest BCUT2D eigenvalue weighted by Gasteiger charge is 2.24. The third kappa shape index (κ3) is 1.92. The van der Waals surface area contributed by atoms with Gasteiger partial charge in [0.1, 0.15) is 5.75 Å². The van der Waals surface area contributed by atoms with Crippen LogP contribution < -0.4 is 5.32 Å². The molecule has 0 radical (unpaired) electrons. The van der Waals surface area contributed by atoms with Crippen LogP contribution in [0.25, 0.3) is 0 Å². The van der Waals surface area contributed by atoms with Crippen LogP contribution in [0.1, 0.15) is 24.4 Å². The predicted molar refractivity (Wildman–Crippen MR) is 54.7 cm³/mol. The molecular formula is C10H12N2O3. The maximum atomic E-state index is 10.8. The van der Waals surface area contributed by atoms with Crippen molar-refractivity contribution in [3.8, 4) is 5.75 Å². The molecule has 1 aliphatic heterocycles. The van der Waals surface area contributed by atoms with Crippen LogP contribution in [0.15, 0.2) is 18.2 Å². The number of nitrogens with zero attached hydrogens (tertiary/aromatic N) is 1. The van der Waals surface area contributed by atoms with Crippen molar-refractivity contribution in [2.24, 2.45) is 0 Å². The van der Waals surface area contributed by atoms with Gasteiger partial charge in [0.05, 0.1) is 10.5 Å². The molecule has 0 bridgehead atoms. The second-order valence-corrected chi connectivity index (χ2v) is 3.65. The molecular weight excluding hydrogens is 196 g/mol. The second kappa shape index (κ2) is 3.86. The van der Waals surface area contributed by atoms with Gasteiger partial charge in [-0.3, -0.25) is 10.1 Å². The third-order valence-electron chi connectivity index (χ3n) is 2.64. The lowest BCUT2D eigenvalue weighted by atomic mass is 10.0. The highest BCUT2D eigenvalue weighted by molar-refractivity contribution is 5.46. The summed E-state index contributed by atoms with van der Waals surface area (Å²) in [6, 6.07) is 4.17. The minimum Gasteiger partial charge on any atom is -0.508 e. The van der Waals surface area contributed by atoms with Gasteiger partial charge in [0, 0.05) is 12.1 Å². The summed E-state index contributed by atoms with van der Waals surface area (Å²) in [5.74, 6) is 0.0734. The van der Waals surface area contributed by atoms with E-state index in [1.54, 1.807) is 0 Å². The molecule has 2 rings (SSSR count). The minimum atomic E-state index is -0.408. The first-order valence-electron chi connectivity index (χ1n) is 4.89. The van der Waals surface area contributed by atoms with Crippen LogP contribution in [0.4, 0.5) is 5.69 Å². The first-order valence-corrected chi connectivity index (χ1v) is 4.89. The number of nitro benzene ring substituents is 1. The van der Waals surface area contributed by atoms with E-state index in [1.165, 1.54) is 18.2 Å². The van der Waals surface area contributed by atoms with E-state index >= 15 is 0 Å². The van der Waals surface area contributed by atoms with Crippen LogP contribution >= 0.6 is 0 Å². The topological polar surface area (TPSA) is 75.4 Å². The molecule has 1 saturated heterocycles. The van der Waals surface area contributed by atoms with Crippen molar-refractivity contribution in [2.75, 3.05) is 6.54 Å². The van der Waals surface area contributed by atoms with Gasteiger partial charge in [0.2, 0.25) is 0 Å². The van der Waals surface area contributed by atoms with Crippen molar-refractivity contribution in [1.82, 2.24) is 5.32 Å². The first-order chi connectivity index (χ1) is 7.18. The standard InChI is InChI=1S/C10H12N2O3/c13-7-3-4-10(12(14)15)8(6-7)9-2-1-5-11-9/h3-4,6,9,11,13H,1-2,5H2/t9-/m0/s1. The Labute approximate surface area is 86.9 Å². The van der Waals surface area contributed by atoms with Gasteiger partial charge in [-0.2, -0.15) is 0 Å². The Bertz CT molecular complexity index is 386. The van der Waals surface area contributed by atoms with E-state index < -0.39 is 4.92 Å². The lowest BCUT2D eigenvalue weighted by molar-refractivity contribution is -0.385. The lowest BCUT2D eigenvalue weighted by Gasteiger charge is -2.10. The highest BCUT2D eigenvalue weighted by atomic mass is 16.6. The molecule has 1 heterocycles. The van der Waals surface area contributed by atoms with Crippen LogP contribution in [0.5, 0.6) is 5.75 Å². The fourth-order valence-electron chi connectivity index (χ4n) is 1.94. The smallest absolute Gasteiger partial charge is 0.274 e. The van der Waals surface area contributed by atoms with Gasteiger partial charge in [-0.25, -0.2) is 0 Å². The monoisotopic (exact) mass is 208 g/mol. The van der Waals surface area contributed by atoms with Gasteiger partial charge < -0.3 is 10.4 Å². The van der Waals surface area contributed by atoms with Crippen molar-refractivity contribution >= 4 is 5.69 Å². The van der Waals surface area contributed by atoms with E-state index in [1.807, 2.05) is 0 Å². The molecule has 0 spiro atoms. The summed E-state index contributed by atoms with van der Waals surface area (Å²) in [5.41, 5.74) is 0.657. The van der Waals surface area contributed by atoms with Crippen LogP contribution in [-0.2, 0) is 0 Å². The van der Waals surface area contributed by atoms with Gasteiger partial charge in [0.15, 0.2) is 0 Å². The molecule has 0 saturated carbocycles. The number of rotatable bonds is 2. The summed E-state index contributed by atoms with van der Waals surface area (Å²) in [7, 11) is 0. The molecule has 1 fully saturated rings. The number of hydrogen-bond donors (Lipinski definition) is 2. The molecule has 5 nitrogen and oxygen atoms in total. The molecule has 80 valence electrons. The number of benzene rings is 1. The Morgan fingerprint density at radius 1 is 1.53 bits per heavy atom. The molecule has 1 aromatic carbocycles. The predicted octanol–water partition coefficient (Wildman–Crippen LogP) is 1.72. The Morgan fingerprint density at radius 2 is 2.33 bits per heavy atom. The van der Waals surface area contributed by atoms with E-state index in [0.29, 0.717) is 5.56 Å². The molecule has 1 aromatic rings. The molecule has 1 atom stereocenters. The van der Waals surface area contributed by atoms with Crippen LogP contribution in [0.3, 0.4) is 0 Å². The normalized spacial score (nSPS) is 20.4. The molecule has 0 aliphatic carbocycles. The maximum Gasteiger partial charge on any atom is 0.274 e. The van der Waals surface area contributed by atoms with Crippen molar-refractivity contribution in [3.63, 3.8) is 0 Å². The summed E-state index contributed by atoms with van der Waals surface area (Å²) in [4.78, 5) is 10.4. The average Bonchev–Trinajstić information content (AvgIpc) is 2.69. The van der Waals surface area contributed by atoms with Crippen LogP contribution in [-0.4, -0.2) is 16.6 Å². The Kier molecular flexibility index (Phi) is 2.55. The number of phenols is 1. The number of aromatic hydroxyl groups is 1. The quantitative estimate of drug-likeness (QED) is 0.573. The van der Waals surface area contributed by atoms with Crippen LogP contribution in [0.2, 0.25) is 0 Å². The fourth-order valence-corrected chi connectivity index (χ4v) is 1.94. The van der Waals surface area contributed by atoms with E-state index in [0.717, 1.165) is 19.4 Å². The van der Waals surface area contributed by atoms with Crippen LogP contribution in [0, 0.1) is 10.1 Å². The van der Waals surface area contributed by atoms with Gasteiger partial charge in [0.25, 0.3) is 5.69 Å². The average molecular weight is 208 g/mol. The van der Waals surface area contributed by atoms with Gasteiger partial charge in [-0.15, -0.1) is 0 Å². The van der Waals surface area contributed by atoms with E-state index in [-0.39, 0.29) is 17.5 Å². The zero-order valence-electron chi connectivity index (χ0n) is 8.14. The van der Waals surface area contributed by atoms with Gasteiger partial charge in [-0.05, 0) is 31.5 Å². The Balaban J connectivity index is 2.41. The molecule has 2 N–H and O–H groups in total. The Morgan fingerprint density at radius 3 is 2.93 bits per heavy atom. The molecule has 5 heteroatoms. The largest absolute Gasteiger partial charge is 0.508 e. The van der Waals surface area contributed by atoms with E-state index in [2.05, 4.69) is 5.32 Å². The van der Waals surface area contributed by atoms with Crippen molar-refractivity contribution in [1.29, 1.82) is 0 Å². The summed E-state index contributed by atoms with van der Waals surface area (Å²) in [6.07, 6.45) is 1.89. The second-order valence-electron chi connectivity index (χ2n) is 3.65. The van der Waals surface area contributed by atoms with E-state index in [4.69, 9.17) is 0 Å². The lowest BCUT2D eigenvalue weighted by Crippen LogP contribution is -2.14. The molecule has 15 heavy (non-hydrogen) atoms. The first kappa shape index (κ1) is 9.92. The molecule has 1 aliphatic rings. The number of hydrogen-bond acceptors (Lipinski definition) is 4. The summed E-state index contributed by atoms with van der Waals surface area (Å²) >= 11 is 0.